The van der Waals surface area contributed by atoms with E-state index in [0.717, 1.165) is 10.9 Å². The Morgan fingerprint density at radius 2 is 1.33 bits per heavy atom. The highest BCUT2D eigenvalue weighted by Gasteiger charge is 2.33. The van der Waals surface area contributed by atoms with Crippen LogP contribution in [0.5, 0.6) is 0 Å². The third-order valence-electron chi connectivity index (χ3n) is 11.4. The zero-order valence-electron chi connectivity index (χ0n) is 42.1. The number of hydrogen-bond acceptors (Lipinski definition) is 13. The number of nitrogens with zero attached hydrogens (tertiary/aromatic N) is 2. The lowest BCUT2D eigenvalue weighted by Crippen LogP contribution is -2.59. The Morgan fingerprint density at radius 1 is 0.699 bits per heavy atom. The second-order valence-corrected chi connectivity index (χ2v) is 19.3. The summed E-state index contributed by atoms with van der Waals surface area (Å²) in [5.41, 5.74) is 12.7. The zero-order chi connectivity index (χ0) is 54.2. The topological polar surface area (TPSA) is 387 Å². The van der Waals surface area contributed by atoms with Crippen molar-refractivity contribution in [3.63, 3.8) is 0 Å². The number of unbranched alkanes of at least 4 members (excludes halogenated alkanes) is 1. The summed E-state index contributed by atoms with van der Waals surface area (Å²) >= 11 is 1.47. The first kappa shape index (κ1) is 59.8. The second-order valence-electron chi connectivity index (χ2n) is 18.3. The first-order valence-electron chi connectivity index (χ1n) is 24.0. The van der Waals surface area contributed by atoms with E-state index in [4.69, 9.17) is 16.7 Å². The van der Waals surface area contributed by atoms with Crippen molar-refractivity contribution < 1.29 is 47.9 Å². The molecule has 0 saturated heterocycles. The van der Waals surface area contributed by atoms with Crippen molar-refractivity contribution in [1.82, 2.24) is 57.5 Å². The number of hydrogen-bond donors (Lipinski definition) is 12. The van der Waals surface area contributed by atoms with Crippen LogP contribution >= 0.6 is 11.8 Å². The van der Waals surface area contributed by atoms with Crippen LogP contribution in [0.4, 0.5) is 0 Å². The second kappa shape index (κ2) is 30.4. The van der Waals surface area contributed by atoms with Crippen LogP contribution in [0.2, 0.25) is 0 Å². The fourth-order valence-corrected chi connectivity index (χ4v) is 7.93. The number of aromatic nitrogens is 3. The van der Waals surface area contributed by atoms with Crippen LogP contribution in [-0.2, 0) is 60.8 Å². The van der Waals surface area contributed by atoms with Gasteiger partial charge in [0.05, 0.1) is 18.9 Å². The molecule has 0 aliphatic heterocycles. The molecule has 73 heavy (non-hydrogen) atoms. The molecule has 1 aromatic carbocycles. The standard InChI is InChI=1S/C48H70N14O10S/c1-26(2)19-35(46(70)59-33(42(51)66)16-18-73-6)60-47(71)37(21-30-23-52-25-55-30)58-40(65)24-54-48(72)41(27(3)4)62-43(67)28(5)56-45(69)36(20-29-22-53-32-12-8-7-11-31(29)32)61-44(68)34(14-15-38(50)63)57-39(64)13-9-10-17-49/h7-8,11-12,22-23,25-28,33-37,41,53H,9-10,13-16,18-21,24H2,1-6H3,(H2,50,63)(H2,51,66)(H,52,55)(H,54,72)(H,56,69)(H,57,64)(H,58,65)(H,59,70)(H,60,71)(H,61,68)(H,62,67)/t28-,33-,34-,35-,36-,37-,41-/m0/s1. The van der Waals surface area contributed by atoms with Crippen LogP contribution in [0.3, 0.4) is 0 Å². The number of primary amides is 2. The lowest BCUT2D eigenvalue weighted by molar-refractivity contribution is -0.135. The van der Waals surface area contributed by atoms with E-state index in [1.165, 1.54) is 31.2 Å². The van der Waals surface area contributed by atoms with E-state index in [0.29, 0.717) is 17.0 Å². The number of nitrogens with two attached hydrogens (primary N) is 2. The largest absolute Gasteiger partial charge is 0.370 e. The van der Waals surface area contributed by atoms with E-state index in [1.807, 2.05) is 44.4 Å². The summed E-state index contributed by atoms with van der Waals surface area (Å²) in [7, 11) is 0. The summed E-state index contributed by atoms with van der Waals surface area (Å²) in [6, 6.07) is 0.680. The minimum atomic E-state index is -1.34. The van der Waals surface area contributed by atoms with Gasteiger partial charge in [0.25, 0.3) is 0 Å². The van der Waals surface area contributed by atoms with Gasteiger partial charge in [-0.3, -0.25) is 47.9 Å². The Hall–Kier alpha value is -7.49. The van der Waals surface area contributed by atoms with Gasteiger partial charge < -0.3 is 64.0 Å². The number of benzene rings is 1. The number of nitrogens with one attached hydrogen (secondary N) is 10. The number of carbonyl (C=O) groups is 10. The van der Waals surface area contributed by atoms with Crippen molar-refractivity contribution in [2.24, 2.45) is 23.3 Å². The van der Waals surface area contributed by atoms with Crippen molar-refractivity contribution in [1.29, 1.82) is 5.26 Å². The number of amides is 10. The Kier molecular flexibility index (Phi) is 24.9. The van der Waals surface area contributed by atoms with E-state index in [-0.39, 0.29) is 63.7 Å². The minimum absolute atomic E-state index is 0.0719. The van der Waals surface area contributed by atoms with Crippen molar-refractivity contribution in [3.8, 4) is 6.07 Å². The quantitative estimate of drug-likeness (QED) is 0.0338. The van der Waals surface area contributed by atoms with E-state index in [2.05, 4.69) is 57.5 Å². The molecule has 2 aromatic heterocycles. The molecule has 398 valence electrons. The first-order chi connectivity index (χ1) is 34.6. The molecule has 0 unspecified atom stereocenters. The van der Waals surface area contributed by atoms with E-state index in [9.17, 15) is 47.9 Å². The molecule has 14 N–H and O–H groups in total. The molecule has 25 heteroatoms. The van der Waals surface area contributed by atoms with Crippen molar-refractivity contribution >= 4 is 81.7 Å². The molecule has 0 saturated carbocycles. The SMILES string of the molecule is CSCC[C@H](NC(=O)[C@H](CC(C)C)NC(=O)[C@H](Cc1cnc[nH]1)NC(=O)CNC(=O)[C@@H](NC(=O)[C@H](C)NC(=O)[C@H](Cc1c[nH]c2ccccc12)NC(=O)[C@H](CCC(N)=O)NC(=O)CCCC#N)C(C)C)C(N)=O. The van der Waals surface area contributed by atoms with Gasteiger partial charge in [0.15, 0.2) is 0 Å². The first-order valence-corrected chi connectivity index (χ1v) is 25.4. The van der Waals surface area contributed by atoms with Crippen LogP contribution in [0.15, 0.2) is 43.0 Å². The molecule has 0 aliphatic rings. The third kappa shape index (κ3) is 20.6. The lowest BCUT2D eigenvalue weighted by Gasteiger charge is -2.26. The van der Waals surface area contributed by atoms with Crippen molar-refractivity contribution in [2.75, 3.05) is 18.6 Å². The van der Waals surface area contributed by atoms with Crippen LogP contribution in [0.25, 0.3) is 10.9 Å². The minimum Gasteiger partial charge on any atom is -0.370 e. The molecule has 0 fully saturated rings. The number of H-pyrrole nitrogens is 2. The number of thioether (sulfide) groups is 1. The van der Waals surface area contributed by atoms with Gasteiger partial charge in [-0.2, -0.15) is 17.0 Å². The highest BCUT2D eigenvalue weighted by molar-refractivity contribution is 7.98. The molecule has 3 aromatic rings. The maximum atomic E-state index is 14.0. The summed E-state index contributed by atoms with van der Waals surface area (Å²) < 4.78 is 0. The van der Waals surface area contributed by atoms with Gasteiger partial charge in [0, 0.05) is 61.1 Å². The molecular weight excluding hydrogens is 965 g/mol. The molecule has 0 radical (unpaired) electrons. The normalized spacial score (nSPS) is 14.0. The summed E-state index contributed by atoms with van der Waals surface area (Å²) in [5, 5.41) is 30.4. The van der Waals surface area contributed by atoms with Crippen LogP contribution < -0.4 is 54.0 Å². The fraction of sp³-hybridized carbons (Fsp3) is 0.542. The van der Waals surface area contributed by atoms with Gasteiger partial charge >= 0.3 is 0 Å². The van der Waals surface area contributed by atoms with Gasteiger partial charge in [-0.1, -0.05) is 45.9 Å². The molecule has 7 atom stereocenters. The van der Waals surface area contributed by atoms with E-state index < -0.39 is 114 Å². The smallest absolute Gasteiger partial charge is 0.243 e. The molecule has 0 aliphatic carbocycles. The number of imidazole rings is 1. The van der Waals surface area contributed by atoms with Crippen LogP contribution in [0, 0.1) is 23.2 Å². The van der Waals surface area contributed by atoms with Crippen LogP contribution in [0.1, 0.15) is 90.8 Å². The molecule has 0 spiro atoms. The van der Waals surface area contributed by atoms with E-state index in [1.54, 1.807) is 26.1 Å². The fourth-order valence-electron chi connectivity index (χ4n) is 7.46. The maximum Gasteiger partial charge on any atom is 0.243 e. The molecule has 0 bridgehead atoms. The molecule has 3 rings (SSSR count). The Balaban J connectivity index is 1.74. The number of carbonyl (C=O) groups excluding carboxylic acids is 10. The van der Waals surface area contributed by atoms with Gasteiger partial charge in [0.2, 0.25) is 59.1 Å². The monoisotopic (exact) mass is 1030 g/mol. The van der Waals surface area contributed by atoms with Gasteiger partial charge in [0.1, 0.15) is 42.3 Å². The van der Waals surface area contributed by atoms with Crippen LogP contribution in [-0.4, -0.2) is 135 Å². The molecule has 24 nitrogen and oxygen atoms in total. The number of rotatable bonds is 32. The summed E-state index contributed by atoms with van der Waals surface area (Å²) in [6.07, 6.45) is 6.43. The molecule has 2 heterocycles. The summed E-state index contributed by atoms with van der Waals surface area (Å²) in [4.78, 5) is 142. The highest BCUT2D eigenvalue weighted by atomic mass is 32.2. The summed E-state index contributed by atoms with van der Waals surface area (Å²) in [5.74, 6) is -7.44. The number of nitriles is 1. The summed E-state index contributed by atoms with van der Waals surface area (Å²) in [6.45, 7) is 7.68. The lowest BCUT2D eigenvalue weighted by atomic mass is 10.0. The van der Waals surface area contributed by atoms with Gasteiger partial charge in [-0.15, -0.1) is 0 Å². The van der Waals surface area contributed by atoms with E-state index >= 15 is 0 Å². The van der Waals surface area contributed by atoms with Crippen molar-refractivity contribution in [2.45, 2.75) is 135 Å². The highest BCUT2D eigenvalue weighted by Crippen LogP contribution is 2.20. The predicted molar refractivity (Wildman–Crippen MR) is 271 cm³/mol. The zero-order valence-corrected chi connectivity index (χ0v) is 42.9. The number of fused-ring (bicyclic) bond motifs is 1. The average Bonchev–Trinajstić information content (AvgIpc) is 4.01. The maximum absolute atomic E-state index is 14.0. The predicted octanol–water partition coefficient (Wildman–Crippen LogP) is -0.894. The Bertz CT molecular complexity index is 2420. The molecular formula is C48H70N14O10S. The molecule has 10 amide bonds. The Morgan fingerprint density at radius 3 is 1.96 bits per heavy atom. The van der Waals surface area contributed by atoms with Gasteiger partial charge in [-0.05, 0) is 68.1 Å². The van der Waals surface area contributed by atoms with Gasteiger partial charge in [-0.25, -0.2) is 4.98 Å². The van der Waals surface area contributed by atoms with Crippen molar-refractivity contribution in [3.05, 3.63) is 54.2 Å². The third-order valence-corrected chi connectivity index (χ3v) is 12.1. The average molecular weight is 1040 g/mol. The number of aromatic amines is 2. The number of para-hydroxylation sites is 1. The Labute approximate surface area is 428 Å².